The van der Waals surface area contributed by atoms with E-state index in [0.29, 0.717) is 0 Å². The molecule has 0 heterocycles. The number of hydrogen-bond acceptors (Lipinski definition) is 4. The maximum Gasteiger partial charge on any atom is 0.335 e. The smallest absolute Gasteiger partial charge is 0.335 e. The molecule has 0 radical (unpaired) electrons. The molecule has 6 nitrogen and oxygen atoms in total. The highest BCUT2D eigenvalue weighted by molar-refractivity contribution is 5.88. The molecule has 1 N–H and O–H groups in total. The van der Waals surface area contributed by atoms with E-state index >= 15 is 0 Å². The Balaban J connectivity index is 3.25. The van der Waals surface area contributed by atoms with Gasteiger partial charge in [-0.15, -0.1) is 0 Å². The molecule has 0 aliphatic rings. The molecule has 1 aromatic carbocycles. The van der Waals surface area contributed by atoms with Crippen LogP contribution in [0.4, 0.5) is 5.69 Å². The highest BCUT2D eigenvalue weighted by atomic mass is 16.6. The van der Waals surface area contributed by atoms with Crippen molar-refractivity contribution in [2.75, 3.05) is 7.04 Å². The number of ether oxygens (including phenoxy) is 1. The number of nitrogens with zero attached hydrogens (tertiary/aromatic N) is 1. The van der Waals surface area contributed by atoms with Crippen LogP contribution in [-0.2, 0) is 0 Å². The monoisotopic (exact) mass is 201 g/mol. The third kappa shape index (κ3) is 1.79. The Bertz CT molecular complexity index is 471. The number of hydrogen-bond donors (Lipinski definition) is 1. The molecule has 0 amide bonds. The second-order valence-corrected chi connectivity index (χ2v) is 2.35. The van der Waals surface area contributed by atoms with Crippen molar-refractivity contribution >= 4 is 11.7 Å². The molecule has 0 saturated heterocycles. The van der Waals surface area contributed by atoms with Gasteiger partial charge in [0.1, 0.15) is 0 Å². The molecular weight excluding hydrogens is 191 g/mol. The number of methoxy groups -OCH3 is 1. The van der Waals surface area contributed by atoms with Gasteiger partial charge in [0.2, 0.25) is 0 Å². The van der Waals surface area contributed by atoms with Gasteiger partial charge in [-0.3, -0.25) is 10.1 Å². The summed E-state index contributed by atoms with van der Waals surface area (Å²) in [4.78, 5) is 20.4. The van der Waals surface area contributed by atoms with E-state index < -0.39 is 29.4 Å². The van der Waals surface area contributed by atoms with E-state index in [1.54, 1.807) is 0 Å². The summed E-state index contributed by atoms with van der Waals surface area (Å²) < 4.78 is 24.9. The van der Waals surface area contributed by atoms with Crippen molar-refractivity contribution in [3.63, 3.8) is 0 Å². The molecule has 6 heteroatoms. The van der Waals surface area contributed by atoms with E-state index in [0.717, 1.165) is 18.2 Å². The molecule has 1 aromatic rings. The van der Waals surface area contributed by atoms with Gasteiger partial charge < -0.3 is 9.84 Å². The summed E-state index contributed by atoms with van der Waals surface area (Å²) in [5, 5.41) is 19.3. The van der Waals surface area contributed by atoms with Crippen molar-refractivity contribution in [3.05, 3.63) is 33.9 Å². The summed E-state index contributed by atoms with van der Waals surface area (Å²) >= 11 is 0. The van der Waals surface area contributed by atoms with Gasteiger partial charge in [0, 0.05) is 12.1 Å². The van der Waals surface area contributed by atoms with Crippen molar-refractivity contribution in [3.8, 4) is 5.75 Å². The molecule has 1 rings (SSSR count). The molecule has 0 atom stereocenters. The van der Waals surface area contributed by atoms with Crippen molar-refractivity contribution in [1.82, 2.24) is 0 Å². The average Bonchev–Trinajstić information content (AvgIpc) is 2.14. The molecule has 0 bridgehead atoms. The first kappa shape index (κ1) is 6.36. The van der Waals surface area contributed by atoms with Gasteiger partial charge in [-0.05, 0) is 6.07 Å². The average molecular weight is 201 g/mol. The molecule has 0 fully saturated rings. The Labute approximate surface area is 83.1 Å². The van der Waals surface area contributed by atoms with Crippen LogP contribution in [0.1, 0.15) is 14.5 Å². The van der Waals surface area contributed by atoms with Crippen molar-refractivity contribution in [1.29, 1.82) is 0 Å². The Kier molecular flexibility index (Phi) is 1.70. The fourth-order valence-corrected chi connectivity index (χ4v) is 0.880. The summed E-state index contributed by atoms with van der Waals surface area (Å²) in [5.41, 5.74) is -0.902. The third-order valence-corrected chi connectivity index (χ3v) is 1.51. The quantitative estimate of drug-likeness (QED) is 0.452. The van der Waals surface area contributed by atoms with Crippen molar-refractivity contribution in [2.24, 2.45) is 0 Å². The lowest BCUT2D eigenvalue weighted by atomic mass is 10.2. The Morgan fingerprint density at radius 3 is 2.93 bits per heavy atom. The number of aromatic carboxylic acids is 1. The predicted octanol–water partition coefficient (Wildman–Crippen LogP) is 1.30. The van der Waals surface area contributed by atoms with Gasteiger partial charge in [0.15, 0.2) is 5.75 Å². The molecule has 0 aliphatic heterocycles. The normalized spacial score (nSPS) is 13.6. The van der Waals surface area contributed by atoms with Gasteiger partial charge in [0.25, 0.3) is 0 Å². The van der Waals surface area contributed by atoms with Crippen molar-refractivity contribution in [2.45, 2.75) is 0 Å². The van der Waals surface area contributed by atoms with Crippen LogP contribution in [0.25, 0.3) is 0 Å². The molecule has 0 saturated carbocycles. The van der Waals surface area contributed by atoms with Crippen LogP contribution in [0.15, 0.2) is 18.2 Å². The van der Waals surface area contributed by atoms with Crippen LogP contribution in [-0.4, -0.2) is 23.0 Å². The highest BCUT2D eigenvalue weighted by Crippen LogP contribution is 2.27. The van der Waals surface area contributed by atoms with Gasteiger partial charge in [0.05, 0.1) is 21.6 Å². The number of nitro groups is 1. The SMILES string of the molecule is [2H][13C]([2H])([2H])Oc1cc(C(=O)O)ccc1[N+](=O)[O-]. The van der Waals surface area contributed by atoms with E-state index in [9.17, 15) is 14.9 Å². The minimum Gasteiger partial charge on any atom is -0.490 e. The zero-order valence-corrected chi connectivity index (χ0v) is 6.76. The van der Waals surface area contributed by atoms with Crippen LogP contribution in [0.5, 0.6) is 5.75 Å². The summed E-state index contributed by atoms with van der Waals surface area (Å²) in [6.07, 6.45) is 0. The molecule has 0 aromatic heterocycles. The Morgan fingerprint density at radius 1 is 1.71 bits per heavy atom. The number of carboxylic acids is 1. The van der Waals surface area contributed by atoms with Crippen LogP contribution >= 0.6 is 0 Å². The summed E-state index contributed by atoms with van der Waals surface area (Å²) in [5.74, 6) is -1.94. The molecule has 0 spiro atoms. The topological polar surface area (TPSA) is 89.7 Å². The zero-order chi connectivity index (χ0) is 13.2. The van der Waals surface area contributed by atoms with E-state index in [1.165, 1.54) is 0 Å². The second kappa shape index (κ2) is 3.73. The number of carboxylic acid groups (broad SMARTS) is 1. The van der Waals surface area contributed by atoms with Crippen LogP contribution in [0, 0.1) is 10.1 Å². The van der Waals surface area contributed by atoms with E-state index in [4.69, 9.17) is 9.22 Å². The fraction of sp³-hybridized carbons (Fsp3) is 0.125. The number of benzene rings is 1. The molecular formula is C8H7NO5. The predicted molar refractivity (Wildman–Crippen MR) is 46.6 cm³/mol. The third-order valence-electron chi connectivity index (χ3n) is 1.51. The van der Waals surface area contributed by atoms with Gasteiger partial charge in [-0.25, -0.2) is 4.79 Å². The number of rotatable bonds is 3. The Morgan fingerprint density at radius 2 is 2.43 bits per heavy atom. The molecule has 14 heavy (non-hydrogen) atoms. The van der Waals surface area contributed by atoms with E-state index in [1.807, 2.05) is 0 Å². The minimum absolute atomic E-state index is 0.296. The summed E-state index contributed by atoms with van der Waals surface area (Å²) in [7, 11) is -2.89. The first-order valence-electron chi connectivity index (χ1n) is 4.91. The number of carbonyl (C=O) groups is 1. The molecule has 74 valence electrons. The Hall–Kier alpha value is -2.11. The lowest BCUT2D eigenvalue weighted by Gasteiger charge is -2.01. The summed E-state index contributed by atoms with van der Waals surface area (Å²) in [6.45, 7) is 0. The molecule has 0 aliphatic carbocycles. The van der Waals surface area contributed by atoms with Crippen LogP contribution < -0.4 is 4.74 Å². The minimum atomic E-state index is -2.89. The highest BCUT2D eigenvalue weighted by Gasteiger charge is 2.16. The van der Waals surface area contributed by atoms with Gasteiger partial charge in [-0.1, -0.05) is 0 Å². The first-order valence-corrected chi connectivity index (χ1v) is 3.41. The van der Waals surface area contributed by atoms with Crippen LogP contribution in [0.2, 0.25) is 0 Å². The number of nitro benzene ring substituents is 1. The fourth-order valence-electron chi connectivity index (χ4n) is 0.880. The maximum absolute atomic E-state index is 10.6. The lowest BCUT2D eigenvalue weighted by Crippen LogP contribution is -1.99. The van der Waals surface area contributed by atoms with Crippen LogP contribution in [0.3, 0.4) is 0 Å². The lowest BCUT2D eigenvalue weighted by molar-refractivity contribution is -0.385. The largest absolute Gasteiger partial charge is 0.490 e. The van der Waals surface area contributed by atoms with E-state index in [-0.39, 0.29) is 5.56 Å². The standard InChI is InChI=1S/C8H7NO5/c1-14-7-4-5(8(10)11)2-3-6(7)9(12)13/h2-4H,1H3,(H,10,11)/i1+1D3. The zero-order valence-electron chi connectivity index (χ0n) is 9.76. The van der Waals surface area contributed by atoms with Crippen molar-refractivity contribution < 1.29 is 23.7 Å². The van der Waals surface area contributed by atoms with Gasteiger partial charge in [-0.2, -0.15) is 0 Å². The maximum atomic E-state index is 10.6. The first-order chi connectivity index (χ1) is 7.70. The van der Waals surface area contributed by atoms with Gasteiger partial charge >= 0.3 is 11.7 Å². The summed E-state index contributed by atoms with van der Waals surface area (Å²) in [6, 6.07) is 2.67. The van der Waals surface area contributed by atoms with E-state index in [2.05, 4.69) is 4.74 Å². The molecule has 0 unspecified atom stereocenters. The second-order valence-electron chi connectivity index (χ2n) is 2.35.